The van der Waals surface area contributed by atoms with Crippen LogP contribution in [0, 0.1) is 5.92 Å². The zero-order valence-corrected chi connectivity index (χ0v) is 21.8. The maximum Gasteiger partial charge on any atom is 0.416 e. The first-order valence-electron chi connectivity index (χ1n) is 13.4. The first-order chi connectivity index (χ1) is 19.5. The normalized spacial score (nSPS) is 16.8. The zero-order chi connectivity index (χ0) is 27.6. The quantitative estimate of drug-likeness (QED) is 0.270. The van der Waals surface area contributed by atoms with Crippen molar-refractivity contribution < 1.29 is 24.5 Å². The van der Waals surface area contributed by atoms with Crippen molar-refractivity contribution in [1.82, 2.24) is 4.90 Å². The molecular formula is C34H29NO5. The Balaban J connectivity index is 1.45. The Kier molecular flexibility index (Phi) is 7.03. The molecular weight excluding hydrogens is 502 g/mol. The number of imide groups is 1. The number of amides is 2. The lowest BCUT2D eigenvalue weighted by Gasteiger charge is -2.32. The third-order valence-corrected chi connectivity index (χ3v) is 7.76. The summed E-state index contributed by atoms with van der Waals surface area (Å²) >= 11 is 0. The van der Waals surface area contributed by atoms with Crippen molar-refractivity contribution in [1.29, 1.82) is 0 Å². The number of carbonyl (C=O) groups excluding carboxylic acids is 2. The highest BCUT2D eigenvalue weighted by molar-refractivity contribution is 5.97. The van der Waals surface area contributed by atoms with E-state index < -0.39 is 36.2 Å². The number of fused-ring (bicyclic) bond motifs is 2. The summed E-state index contributed by atoms with van der Waals surface area (Å²) in [6, 6.07) is 35.1. The summed E-state index contributed by atoms with van der Waals surface area (Å²) in [5.41, 5.74) is 1.95. The van der Waals surface area contributed by atoms with Gasteiger partial charge in [-0.15, -0.1) is 0 Å². The number of aliphatic hydroxyl groups is 2. The molecule has 1 aliphatic heterocycles. The fourth-order valence-electron chi connectivity index (χ4n) is 5.77. The van der Waals surface area contributed by atoms with E-state index in [4.69, 9.17) is 4.74 Å². The van der Waals surface area contributed by atoms with E-state index in [1.807, 2.05) is 103 Å². The lowest BCUT2D eigenvalue weighted by molar-refractivity contribution is -0.143. The highest BCUT2D eigenvalue weighted by atomic mass is 16.6. The molecule has 1 saturated heterocycles. The molecule has 0 unspecified atom stereocenters. The van der Waals surface area contributed by atoms with E-state index in [2.05, 4.69) is 0 Å². The molecule has 0 saturated carbocycles. The third kappa shape index (κ3) is 4.72. The topological polar surface area (TPSA) is 87.1 Å². The minimum atomic E-state index is -1.40. The number of hydrogen-bond donors (Lipinski definition) is 2. The Hall–Kier alpha value is -4.52. The summed E-state index contributed by atoms with van der Waals surface area (Å²) in [5, 5.41) is 27.2. The van der Waals surface area contributed by atoms with Gasteiger partial charge in [0.05, 0.1) is 24.2 Å². The number of ether oxygens (including phenoxy) is 1. The summed E-state index contributed by atoms with van der Waals surface area (Å²) in [7, 11) is 0. The Labute approximate surface area is 232 Å². The Morgan fingerprint density at radius 1 is 0.725 bits per heavy atom. The van der Waals surface area contributed by atoms with Crippen LogP contribution in [0.1, 0.15) is 28.9 Å². The van der Waals surface area contributed by atoms with Gasteiger partial charge in [-0.2, -0.15) is 0 Å². The van der Waals surface area contributed by atoms with Crippen molar-refractivity contribution >= 4 is 33.5 Å². The van der Waals surface area contributed by atoms with Crippen molar-refractivity contribution in [3.63, 3.8) is 0 Å². The number of hydrogen-bond acceptors (Lipinski definition) is 5. The van der Waals surface area contributed by atoms with E-state index in [1.54, 1.807) is 12.1 Å². The molecule has 0 radical (unpaired) electrons. The van der Waals surface area contributed by atoms with Crippen molar-refractivity contribution in [3.8, 4) is 0 Å². The molecule has 0 spiro atoms. The Morgan fingerprint density at radius 3 is 1.80 bits per heavy atom. The van der Waals surface area contributed by atoms with Crippen LogP contribution >= 0.6 is 0 Å². The molecule has 1 fully saturated rings. The van der Waals surface area contributed by atoms with E-state index in [-0.39, 0.29) is 6.61 Å². The van der Waals surface area contributed by atoms with Gasteiger partial charge >= 0.3 is 6.09 Å². The molecule has 0 bridgehead atoms. The van der Waals surface area contributed by atoms with Crippen LogP contribution in [0.2, 0.25) is 0 Å². The van der Waals surface area contributed by atoms with Crippen LogP contribution in [-0.4, -0.2) is 39.8 Å². The monoisotopic (exact) mass is 531 g/mol. The molecule has 0 aromatic heterocycles. The number of carbonyl (C=O) groups is 2. The number of rotatable bonds is 7. The molecule has 1 aliphatic rings. The van der Waals surface area contributed by atoms with Crippen LogP contribution in [0.4, 0.5) is 4.79 Å². The average Bonchev–Trinajstić information content (AvgIpc) is 3.36. The maximum absolute atomic E-state index is 14.4. The first-order valence-corrected chi connectivity index (χ1v) is 13.4. The second-order valence-electron chi connectivity index (χ2n) is 10.2. The highest BCUT2D eigenvalue weighted by Gasteiger charge is 2.46. The molecule has 200 valence electrons. The van der Waals surface area contributed by atoms with Gasteiger partial charge in [0.1, 0.15) is 6.61 Å². The molecule has 40 heavy (non-hydrogen) atoms. The van der Waals surface area contributed by atoms with Gasteiger partial charge < -0.3 is 14.9 Å². The van der Waals surface area contributed by atoms with Crippen molar-refractivity contribution in [2.45, 2.75) is 24.7 Å². The minimum absolute atomic E-state index is 0.0426. The third-order valence-electron chi connectivity index (χ3n) is 7.76. The lowest BCUT2D eigenvalue weighted by Crippen LogP contribution is -2.46. The Bertz CT molecular complexity index is 1590. The number of benzene rings is 5. The van der Waals surface area contributed by atoms with Crippen LogP contribution in [0.25, 0.3) is 21.5 Å². The second-order valence-corrected chi connectivity index (χ2v) is 10.2. The molecule has 6 rings (SSSR count). The van der Waals surface area contributed by atoms with E-state index in [0.29, 0.717) is 17.5 Å². The zero-order valence-electron chi connectivity index (χ0n) is 21.8. The molecule has 6 nitrogen and oxygen atoms in total. The maximum atomic E-state index is 14.4. The summed E-state index contributed by atoms with van der Waals surface area (Å²) in [4.78, 5) is 28.4. The average molecular weight is 532 g/mol. The smallest absolute Gasteiger partial charge is 0.416 e. The van der Waals surface area contributed by atoms with Crippen molar-refractivity contribution in [3.05, 3.63) is 132 Å². The van der Waals surface area contributed by atoms with Gasteiger partial charge in [0.2, 0.25) is 5.91 Å². The number of aliphatic hydroxyl groups excluding tert-OH is 2. The summed E-state index contributed by atoms with van der Waals surface area (Å²) in [6.07, 6.45) is -3.18. The van der Waals surface area contributed by atoms with Gasteiger partial charge in [-0.1, -0.05) is 115 Å². The predicted molar refractivity (Wildman–Crippen MR) is 153 cm³/mol. The summed E-state index contributed by atoms with van der Waals surface area (Å²) in [6.45, 7) is 0.0426. The molecule has 5 aromatic rings. The van der Waals surface area contributed by atoms with E-state index >= 15 is 0 Å². The Morgan fingerprint density at radius 2 is 1.23 bits per heavy atom. The van der Waals surface area contributed by atoms with Crippen molar-refractivity contribution in [2.75, 3.05) is 6.61 Å². The van der Waals surface area contributed by atoms with Gasteiger partial charge in [-0.3, -0.25) is 4.79 Å². The standard InChI is InChI=1S/C34H29NO5/c36-31(28-18-8-14-23-12-4-6-16-26(23)28)30(32(37)29-19-9-15-24-13-5-7-17-27(24)29)33(38)35-25(21-40-34(35)39)20-22-10-2-1-3-11-22/h1-19,25,30-32,36-37H,20-21H2/t25-,31+,32+/m0/s1. The predicted octanol–water partition coefficient (Wildman–Crippen LogP) is 5.97. The molecule has 3 atom stereocenters. The first kappa shape index (κ1) is 25.7. The lowest BCUT2D eigenvalue weighted by atomic mass is 9.83. The summed E-state index contributed by atoms with van der Waals surface area (Å²) in [5.74, 6) is -2.05. The molecule has 2 N–H and O–H groups in total. The van der Waals surface area contributed by atoms with E-state index in [1.165, 1.54) is 0 Å². The van der Waals surface area contributed by atoms with E-state index in [9.17, 15) is 19.8 Å². The molecule has 1 heterocycles. The fraction of sp³-hybridized carbons (Fsp3) is 0.176. The highest BCUT2D eigenvalue weighted by Crippen LogP contribution is 2.40. The SMILES string of the molecule is O=C1OC[C@H](Cc2ccccc2)N1C(=O)C([C@H](O)c1cccc2ccccc12)[C@H](O)c1cccc2ccccc12. The second kappa shape index (κ2) is 10.9. The van der Waals surface area contributed by atoms with Crippen LogP contribution in [0.3, 0.4) is 0 Å². The van der Waals surface area contributed by atoms with Crippen LogP contribution in [0.5, 0.6) is 0 Å². The largest absolute Gasteiger partial charge is 0.447 e. The van der Waals surface area contributed by atoms with Gasteiger partial charge in [-0.05, 0) is 44.7 Å². The van der Waals surface area contributed by atoms with Crippen LogP contribution < -0.4 is 0 Å². The van der Waals surface area contributed by atoms with Crippen LogP contribution in [-0.2, 0) is 16.0 Å². The van der Waals surface area contributed by atoms with Crippen molar-refractivity contribution in [2.24, 2.45) is 5.92 Å². The summed E-state index contributed by atoms with van der Waals surface area (Å²) < 4.78 is 5.34. The molecule has 5 aromatic carbocycles. The van der Waals surface area contributed by atoms with Gasteiger partial charge in [-0.25, -0.2) is 9.69 Å². The van der Waals surface area contributed by atoms with E-state index in [0.717, 1.165) is 32.0 Å². The fourth-order valence-corrected chi connectivity index (χ4v) is 5.77. The number of cyclic esters (lactones) is 1. The molecule has 6 heteroatoms. The van der Waals surface area contributed by atoms with Crippen LogP contribution in [0.15, 0.2) is 115 Å². The van der Waals surface area contributed by atoms with Gasteiger partial charge in [0, 0.05) is 0 Å². The van der Waals surface area contributed by atoms with Gasteiger partial charge in [0.25, 0.3) is 0 Å². The molecule has 2 amide bonds. The minimum Gasteiger partial charge on any atom is -0.447 e. The molecule has 0 aliphatic carbocycles. The number of nitrogens with zero attached hydrogens (tertiary/aromatic N) is 1. The van der Waals surface area contributed by atoms with Gasteiger partial charge in [0.15, 0.2) is 0 Å².